The summed E-state index contributed by atoms with van der Waals surface area (Å²) in [6.07, 6.45) is 1.89. The monoisotopic (exact) mass is 292 g/mol. The Morgan fingerprint density at radius 3 is 2.62 bits per heavy atom. The minimum absolute atomic E-state index is 0.0218. The lowest BCUT2D eigenvalue weighted by atomic mass is 9.94. The maximum atomic E-state index is 12.8. The average Bonchev–Trinajstić information content (AvgIpc) is 2.35. The highest BCUT2D eigenvalue weighted by Crippen LogP contribution is 2.23. The summed E-state index contributed by atoms with van der Waals surface area (Å²) in [5.41, 5.74) is 1.74. The van der Waals surface area contributed by atoms with Crippen LogP contribution >= 0.6 is 0 Å². The van der Waals surface area contributed by atoms with Gasteiger partial charge in [-0.05, 0) is 44.9 Å². The molecule has 0 saturated carbocycles. The van der Waals surface area contributed by atoms with Gasteiger partial charge in [-0.2, -0.15) is 0 Å². The Balaban J connectivity index is 2.55. The van der Waals surface area contributed by atoms with Crippen molar-refractivity contribution in [1.29, 1.82) is 0 Å². The van der Waals surface area contributed by atoms with Crippen molar-refractivity contribution in [2.24, 2.45) is 5.92 Å². The molecule has 2 heterocycles. The second-order valence-corrected chi connectivity index (χ2v) is 7.22. The average molecular weight is 292 g/mol. The lowest BCUT2D eigenvalue weighted by Crippen LogP contribution is -2.38. The van der Waals surface area contributed by atoms with Crippen LogP contribution in [0.2, 0.25) is 0 Å². The zero-order chi connectivity index (χ0) is 15.8. The fourth-order valence-electron chi connectivity index (χ4n) is 2.92. The first-order valence-corrected chi connectivity index (χ1v) is 7.87. The quantitative estimate of drug-likeness (QED) is 0.924. The highest BCUT2D eigenvalue weighted by Gasteiger charge is 2.26. The largest absolute Gasteiger partial charge is 0.386 e. The van der Waals surface area contributed by atoms with Gasteiger partial charge in [-0.25, -0.2) is 0 Å². The molecular formula is C17H28N2O2. The molecule has 0 atom stereocenters. The van der Waals surface area contributed by atoms with Crippen molar-refractivity contribution in [2.45, 2.75) is 59.2 Å². The van der Waals surface area contributed by atoms with E-state index in [4.69, 9.17) is 0 Å². The molecule has 0 amide bonds. The predicted molar refractivity (Wildman–Crippen MR) is 85.4 cm³/mol. The molecule has 1 aromatic rings. The fourth-order valence-corrected chi connectivity index (χ4v) is 2.92. The Labute approximate surface area is 127 Å². The third kappa shape index (κ3) is 3.55. The van der Waals surface area contributed by atoms with Crippen molar-refractivity contribution in [2.75, 3.05) is 13.6 Å². The molecule has 0 aliphatic carbocycles. The molecule has 0 bridgehead atoms. The van der Waals surface area contributed by atoms with Crippen molar-refractivity contribution in [3.8, 4) is 0 Å². The predicted octanol–water partition coefficient (Wildman–Crippen LogP) is 2.11. The van der Waals surface area contributed by atoms with E-state index in [1.807, 2.05) is 10.6 Å². The van der Waals surface area contributed by atoms with Gasteiger partial charge in [0.25, 0.3) is 5.56 Å². The zero-order valence-electron chi connectivity index (χ0n) is 13.9. The van der Waals surface area contributed by atoms with Crippen LogP contribution in [0.25, 0.3) is 0 Å². The summed E-state index contributed by atoms with van der Waals surface area (Å²) in [5.74, 6) is 0.560. The molecule has 1 aromatic heterocycles. The van der Waals surface area contributed by atoms with E-state index in [0.29, 0.717) is 11.5 Å². The van der Waals surface area contributed by atoms with E-state index in [-0.39, 0.29) is 5.56 Å². The summed E-state index contributed by atoms with van der Waals surface area (Å²) in [7, 11) is 2.09. The number of rotatable bonds is 4. The number of aliphatic hydroxyl groups is 1. The minimum atomic E-state index is -1.10. The summed E-state index contributed by atoms with van der Waals surface area (Å²) in [6, 6.07) is 1.92. The molecule has 21 heavy (non-hydrogen) atoms. The number of hydrogen-bond donors (Lipinski definition) is 1. The standard InChI is InChI=1S/C17H28N2O2/c1-12(2)6-9-19-15-7-8-18(5)11-13(15)10-14(16(19)20)17(3,4)21/h10,12,21H,6-9,11H2,1-5H3. The lowest BCUT2D eigenvalue weighted by Gasteiger charge is -2.30. The molecule has 0 unspecified atom stereocenters. The van der Waals surface area contributed by atoms with Crippen molar-refractivity contribution >= 4 is 0 Å². The van der Waals surface area contributed by atoms with Crippen LogP contribution in [0.15, 0.2) is 10.9 Å². The second-order valence-electron chi connectivity index (χ2n) is 7.22. The van der Waals surface area contributed by atoms with Gasteiger partial charge in [0, 0.05) is 37.3 Å². The summed E-state index contributed by atoms with van der Waals surface area (Å²) in [4.78, 5) is 15.0. The molecule has 4 heteroatoms. The van der Waals surface area contributed by atoms with Crippen LogP contribution in [0.1, 0.15) is 50.9 Å². The number of hydrogen-bond acceptors (Lipinski definition) is 3. The second kappa shape index (κ2) is 5.93. The van der Waals surface area contributed by atoms with Crippen LogP contribution in [0, 0.1) is 5.92 Å². The summed E-state index contributed by atoms with van der Waals surface area (Å²) in [6.45, 7) is 10.3. The first-order chi connectivity index (χ1) is 9.70. The highest BCUT2D eigenvalue weighted by molar-refractivity contribution is 5.31. The topological polar surface area (TPSA) is 45.5 Å². The Kier molecular flexibility index (Phi) is 4.59. The SMILES string of the molecule is CC(C)CCn1c2c(cc(C(C)(C)O)c1=O)CN(C)CC2. The molecule has 118 valence electrons. The Hall–Kier alpha value is -1.13. The first kappa shape index (κ1) is 16.2. The maximum absolute atomic E-state index is 12.8. The number of nitrogens with zero attached hydrogens (tertiary/aromatic N) is 2. The van der Waals surface area contributed by atoms with Crippen molar-refractivity contribution in [3.05, 3.63) is 33.2 Å². The van der Waals surface area contributed by atoms with E-state index < -0.39 is 5.60 Å². The van der Waals surface area contributed by atoms with Crippen LogP contribution in [0.5, 0.6) is 0 Å². The van der Waals surface area contributed by atoms with Gasteiger partial charge < -0.3 is 14.6 Å². The van der Waals surface area contributed by atoms with Gasteiger partial charge in [-0.3, -0.25) is 4.79 Å². The molecule has 4 nitrogen and oxygen atoms in total. The van der Waals surface area contributed by atoms with Gasteiger partial charge in [0.1, 0.15) is 0 Å². The number of pyridine rings is 1. The van der Waals surface area contributed by atoms with Gasteiger partial charge in [0.05, 0.1) is 5.60 Å². The van der Waals surface area contributed by atoms with Crippen LogP contribution in [0.4, 0.5) is 0 Å². The highest BCUT2D eigenvalue weighted by atomic mass is 16.3. The molecule has 1 aliphatic rings. The third-order valence-electron chi connectivity index (χ3n) is 4.25. The molecule has 0 saturated heterocycles. The first-order valence-electron chi connectivity index (χ1n) is 7.87. The van der Waals surface area contributed by atoms with E-state index in [2.05, 4.69) is 25.8 Å². The molecule has 0 aromatic carbocycles. The van der Waals surface area contributed by atoms with Crippen molar-refractivity contribution in [3.63, 3.8) is 0 Å². The fraction of sp³-hybridized carbons (Fsp3) is 0.706. The van der Waals surface area contributed by atoms with E-state index in [1.165, 1.54) is 5.56 Å². The minimum Gasteiger partial charge on any atom is -0.386 e. The molecule has 1 N–H and O–H groups in total. The van der Waals surface area contributed by atoms with Gasteiger partial charge >= 0.3 is 0 Å². The van der Waals surface area contributed by atoms with Crippen LogP contribution in [-0.4, -0.2) is 28.2 Å². The van der Waals surface area contributed by atoms with E-state index in [9.17, 15) is 9.90 Å². The summed E-state index contributed by atoms with van der Waals surface area (Å²) in [5, 5.41) is 10.3. The third-order valence-corrected chi connectivity index (χ3v) is 4.25. The Morgan fingerprint density at radius 1 is 1.38 bits per heavy atom. The molecule has 0 spiro atoms. The molecular weight excluding hydrogens is 264 g/mol. The number of aromatic nitrogens is 1. The maximum Gasteiger partial charge on any atom is 0.256 e. The van der Waals surface area contributed by atoms with E-state index in [0.717, 1.165) is 38.2 Å². The van der Waals surface area contributed by atoms with Crippen molar-refractivity contribution in [1.82, 2.24) is 9.47 Å². The van der Waals surface area contributed by atoms with Crippen LogP contribution in [-0.2, 0) is 25.1 Å². The molecule has 0 fully saturated rings. The molecule has 0 radical (unpaired) electrons. The van der Waals surface area contributed by atoms with Gasteiger partial charge in [0.15, 0.2) is 0 Å². The summed E-state index contributed by atoms with van der Waals surface area (Å²) >= 11 is 0. The Bertz CT molecular complexity index is 567. The molecule has 1 aliphatic heterocycles. The van der Waals surface area contributed by atoms with Gasteiger partial charge in [-0.1, -0.05) is 13.8 Å². The van der Waals surface area contributed by atoms with E-state index >= 15 is 0 Å². The van der Waals surface area contributed by atoms with Crippen LogP contribution in [0.3, 0.4) is 0 Å². The van der Waals surface area contributed by atoms with Gasteiger partial charge in [0.2, 0.25) is 0 Å². The number of fused-ring (bicyclic) bond motifs is 1. The Morgan fingerprint density at radius 2 is 2.05 bits per heavy atom. The van der Waals surface area contributed by atoms with E-state index in [1.54, 1.807) is 13.8 Å². The van der Waals surface area contributed by atoms with Gasteiger partial charge in [-0.15, -0.1) is 0 Å². The summed E-state index contributed by atoms with van der Waals surface area (Å²) < 4.78 is 1.91. The van der Waals surface area contributed by atoms with Crippen LogP contribution < -0.4 is 5.56 Å². The zero-order valence-corrected chi connectivity index (χ0v) is 13.9. The van der Waals surface area contributed by atoms with Crippen molar-refractivity contribution < 1.29 is 5.11 Å². The normalized spacial score (nSPS) is 16.3. The number of likely N-dealkylation sites (N-methyl/N-ethyl adjacent to an activating group) is 1. The lowest BCUT2D eigenvalue weighted by molar-refractivity contribution is 0.0760. The molecule has 2 rings (SSSR count). The smallest absolute Gasteiger partial charge is 0.256 e.